The zero-order chi connectivity index (χ0) is 13.1. The third-order valence-electron chi connectivity index (χ3n) is 4.14. The minimum absolute atomic E-state index is 0.0710. The van der Waals surface area contributed by atoms with Crippen LogP contribution < -0.4 is 0 Å². The van der Waals surface area contributed by atoms with Crippen LogP contribution in [0.15, 0.2) is 24.3 Å². The first kappa shape index (κ1) is 11.3. The van der Waals surface area contributed by atoms with Gasteiger partial charge in [0.05, 0.1) is 18.4 Å². The number of aromatic hydroxyl groups is 1. The van der Waals surface area contributed by atoms with E-state index in [0.717, 1.165) is 5.56 Å². The number of benzene rings is 1. The van der Waals surface area contributed by atoms with Crippen LogP contribution in [0.4, 0.5) is 0 Å². The highest BCUT2D eigenvalue weighted by atomic mass is 16.3. The first-order chi connectivity index (χ1) is 8.43. The van der Waals surface area contributed by atoms with Gasteiger partial charge in [0, 0.05) is 0 Å². The number of nitrogens with zero attached hydrogens (tertiary/aromatic N) is 1. The Labute approximate surface area is 105 Å². The molecule has 1 N–H and O–H groups in total. The van der Waals surface area contributed by atoms with Crippen molar-refractivity contribution in [3.8, 4) is 5.75 Å². The van der Waals surface area contributed by atoms with Crippen molar-refractivity contribution in [2.45, 2.75) is 20.4 Å². The molecular weight excluding hydrogens is 230 g/mol. The van der Waals surface area contributed by atoms with Gasteiger partial charge in [0.2, 0.25) is 11.8 Å². The summed E-state index contributed by atoms with van der Waals surface area (Å²) in [4.78, 5) is 25.5. The molecule has 2 fully saturated rings. The summed E-state index contributed by atoms with van der Waals surface area (Å²) in [5, 5.41) is 9.37. The lowest BCUT2D eigenvalue weighted by Gasteiger charge is -2.20. The molecule has 1 aromatic rings. The molecule has 2 atom stereocenters. The van der Waals surface area contributed by atoms with E-state index < -0.39 is 0 Å². The lowest BCUT2D eigenvalue weighted by molar-refractivity contribution is -0.143. The van der Waals surface area contributed by atoms with E-state index in [1.165, 1.54) is 4.90 Å². The van der Waals surface area contributed by atoms with Gasteiger partial charge in [-0.25, -0.2) is 0 Å². The Balaban J connectivity index is 1.80. The number of hydrogen-bond acceptors (Lipinski definition) is 3. The number of phenols is 1. The van der Waals surface area contributed by atoms with Crippen LogP contribution in [-0.4, -0.2) is 21.8 Å². The fourth-order valence-electron chi connectivity index (χ4n) is 3.00. The number of imide groups is 1. The Morgan fingerprint density at radius 3 is 2.39 bits per heavy atom. The maximum atomic E-state index is 12.1. The predicted octanol–water partition coefficient (Wildman–Crippen LogP) is 1.53. The number of amides is 2. The molecule has 0 aromatic heterocycles. The van der Waals surface area contributed by atoms with Crippen LogP contribution in [0, 0.1) is 17.3 Å². The summed E-state index contributed by atoms with van der Waals surface area (Å²) in [5.74, 6) is -0.265. The summed E-state index contributed by atoms with van der Waals surface area (Å²) in [6.07, 6.45) is 0. The van der Waals surface area contributed by atoms with E-state index in [1.54, 1.807) is 24.3 Å². The molecular formula is C14H15NO3. The molecule has 2 amide bonds. The number of phenolic OH excluding ortho intramolecular Hbond substituents is 1. The summed E-state index contributed by atoms with van der Waals surface area (Å²) in [6.45, 7) is 4.18. The molecule has 0 spiro atoms. The summed E-state index contributed by atoms with van der Waals surface area (Å²) in [7, 11) is 0. The molecule has 2 aliphatic rings. The van der Waals surface area contributed by atoms with Gasteiger partial charge in [0.15, 0.2) is 0 Å². The molecule has 94 valence electrons. The molecule has 2 unspecified atom stereocenters. The Hall–Kier alpha value is -1.84. The Bertz CT molecular complexity index is 526. The molecule has 1 heterocycles. The van der Waals surface area contributed by atoms with Crippen LogP contribution in [0.25, 0.3) is 0 Å². The number of rotatable bonds is 2. The number of hydrogen-bond donors (Lipinski definition) is 1. The van der Waals surface area contributed by atoms with Gasteiger partial charge in [-0.15, -0.1) is 0 Å². The Kier molecular flexibility index (Phi) is 2.09. The van der Waals surface area contributed by atoms with Crippen LogP contribution in [0.5, 0.6) is 5.75 Å². The molecule has 1 saturated heterocycles. The second-order valence-corrected chi connectivity index (χ2v) is 5.71. The molecule has 0 bridgehead atoms. The summed E-state index contributed by atoms with van der Waals surface area (Å²) in [6, 6.07) is 6.66. The monoisotopic (exact) mass is 245 g/mol. The van der Waals surface area contributed by atoms with Crippen molar-refractivity contribution in [3.05, 3.63) is 29.8 Å². The Morgan fingerprint density at radius 2 is 1.83 bits per heavy atom. The van der Waals surface area contributed by atoms with Crippen LogP contribution in [-0.2, 0) is 16.1 Å². The van der Waals surface area contributed by atoms with Gasteiger partial charge in [0.25, 0.3) is 0 Å². The standard InChI is InChI=1S/C14H15NO3/c1-14(2)10-11(14)13(18)15(12(10)17)7-8-4-3-5-9(16)6-8/h3-6,10-11,16H,7H2,1-2H3. The van der Waals surface area contributed by atoms with E-state index in [9.17, 15) is 14.7 Å². The number of piperidine rings is 1. The third kappa shape index (κ3) is 1.38. The van der Waals surface area contributed by atoms with Gasteiger partial charge in [0.1, 0.15) is 5.75 Å². The van der Waals surface area contributed by atoms with Crippen molar-refractivity contribution in [3.63, 3.8) is 0 Å². The normalized spacial score (nSPS) is 28.4. The lowest BCUT2D eigenvalue weighted by atomic mass is 10.1. The van der Waals surface area contributed by atoms with Gasteiger partial charge in [-0.2, -0.15) is 0 Å². The van der Waals surface area contributed by atoms with Gasteiger partial charge in [-0.1, -0.05) is 26.0 Å². The predicted molar refractivity (Wildman–Crippen MR) is 64.4 cm³/mol. The van der Waals surface area contributed by atoms with Crippen LogP contribution in [0.1, 0.15) is 19.4 Å². The van der Waals surface area contributed by atoms with Crippen molar-refractivity contribution >= 4 is 11.8 Å². The fourth-order valence-corrected chi connectivity index (χ4v) is 3.00. The quantitative estimate of drug-likeness (QED) is 0.804. The van der Waals surface area contributed by atoms with E-state index in [4.69, 9.17) is 0 Å². The molecule has 3 rings (SSSR count). The summed E-state index contributed by atoms with van der Waals surface area (Å²) in [5.41, 5.74) is 0.611. The van der Waals surface area contributed by atoms with Crippen molar-refractivity contribution in [2.75, 3.05) is 0 Å². The van der Waals surface area contributed by atoms with E-state index in [-0.39, 0.29) is 41.4 Å². The van der Waals surface area contributed by atoms with E-state index in [2.05, 4.69) is 0 Å². The van der Waals surface area contributed by atoms with Gasteiger partial charge < -0.3 is 5.11 Å². The molecule has 1 aliphatic carbocycles. The van der Waals surface area contributed by atoms with Gasteiger partial charge in [-0.05, 0) is 23.1 Å². The van der Waals surface area contributed by atoms with Crippen molar-refractivity contribution in [2.24, 2.45) is 17.3 Å². The highest BCUT2D eigenvalue weighted by Gasteiger charge is 2.72. The van der Waals surface area contributed by atoms with Crippen molar-refractivity contribution < 1.29 is 14.7 Å². The van der Waals surface area contributed by atoms with Crippen molar-refractivity contribution in [1.82, 2.24) is 4.90 Å². The molecule has 1 saturated carbocycles. The highest BCUT2D eigenvalue weighted by Crippen LogP contribution is 2.63. The molecule has 4 heteroatoms. The molecule has 18 heavy (non-hydrogen) atoms. The third-order valence-corrected chi connectivity index (χ3v) is 4.14. The number of likely N-dealkylation sites (tertiary alicyclic amines) is 1. The van der Waals surface area contributed by atoms with Crippen LogP contribution in [0.3, 0.4) is 0 Å². The average Bonchev–Trinajstić information content (AvgIpc) is 2.77. The minimum atomic E-state index is -0.163. The van der Waals surface area contributed by atoms with Crippen LogP contribution >= 0.6 is 0 Å². The van der Waals surface area contributed by atoms with E-state index in [1.807, 2.05) is 13.8 Å². The Morgan fingerprint density at radius 1 is 1.22 bits per heavy atom. The molecule has 4 nitrogen and oxygen atoms in total. The number of carbonyl (C=O) groups is 2. The number of carbonyl (C=O) groups excluding carboxylic acids is 2. The molecule has 1 aliphatic heterocycles. The second kappa shape index (κ2) is 3.34. The number of fused-ring (bicyclic) bond motifs is 1. The maximum absolute atomic E-state index is 12.1. The SMILES string of the molecule is CC1(C)C2C(=O)N(Cc3cccc(O)c3)C(=O)C21. The lowest BCUT2D eigenvalue weighted by Crippen LogP contribution is -2.35. The van der Waals surface area contributed by atoms with Crippen molar-refractivity contribution in [1.29, 1.82) is 0 Å². The maximum Gasteiger partial charge on any atom is 0.233 e. The van der Waals surface area contributed by atoms with Crippen LogP contribution in [0.2, 0.25) is 0 Å². The zero-order valence-corrected chi connectivity index (χ0v) is 10.4. The second-order valence-electron chi connectivity index (χ2n) is 5.71. The molecule has 0 radical (unpaired) electrons. The first-order valence-electron chi connectivity index (χ1n) is 6.06. The summed E-state index contributed by atoms with van der Waals surface area (Å²) < 4.78 is 0. The zero-order valence-electron chi connectivity index (χ0n) is 10.4. The first-order valence-corrected chi connectivity index (χ1v) is 6.06. The summed E-state index contributed by atoms with van der Waals surface area (Å²) >= 11 is 0. The highest BCUT2D eigenvalue weighted by molar-refractivity contribution is 6.10. The smallest absolute Gasteiger partial charge is 0.233 e. The fraction of sp³-hybridized carbons (Fsp3) is 0.429. The molecule has 1 aromatic carbocycles. The van der Waals surface area contributed by atoms with E-state index >= 15 is 0 Å². The van der Waals surface area contributed by atoms with E-state index in [0.29, 0.717) is 0 Å². The minimum Gasteiger partial charge on any atom is -0.508 e. The average molecular weight is 245 g/mol. The topological polar surface area (TPSA) is 57.6 Å². The van der Waals surface area contributed by atoms with Gasteiger partial charge in [-0.3, -0.25) is 14.5 Å². The largest absolute Gasteiger partial charge is 0.508 e. The van der Waals surface area contributed by atoms with Gasteiger partial charge >= 0.3 is 0 Å².